The minimum atomic E-state index is -0.893. The van der Waals surface area contributed by atoms with E-state index in [1.54, 1.807) is 0 Å². The zero-order valence-corrected chi connectivity index (χ0v) is 16.4. The van der Waals surface area contributed by atoms with Gasteiger partial charge in [0.05, 0.1) is 5.69 Å². The second kappa shape index (κ2) is 6.12. The zero-order valence-electron chi connectivity index (χ0n) is 14.9. The highest BCUT2D eigenvalue weighted by Gasteiger charge is 2.38. The summed E-state index contributed by atoms with van der Waals surface area (Å²) in [4.78, 5) is 13.1. The molecule has 0 radical (unpaired) electrons. The molecule has 2 heterocycles. The lowest BCUT2D eigenvalue weighted by molar-refractivity contribution is 0.0883. The largest absolute Gasteiger partial charge is 0.465 e. The van der Waals surface area contributed by atoms with E-state index in [9.17, 15) is 9.90 Å². The quantitative estimate of drug-likeness (QED) is 0.675. The molecule has 136 valence electrons. The maximum absolute atomic E-state index is 11.6. The Bertz CT molecular complexity index is 768. The first-order valence-corrected chi connectivity index (χ1v) is 8.98. The van der Waals surface area contributed by atoms with Gasteiger partial charge in [-0.2, -0.15) is 0 Å². The van der Waals surface area contributed by atoms with E-state index < -0.39 is 6.09 Å². The molecule has 1 unspecified atom stereocenters. The molecule has 1 aromatic carbocycles. The van der Waals surface area contributed by atoms with Crippen molar-refractivity contribution >= 4 is 33.3 Å². The number of fused-ring (bicyclic) bond motifs is 1. The van der Waals surface area contributed by atoms with Gasteiger partial charge in [0.2, 0.25) is 6.79 Å². The summed E-state index contributed by atoms with van der Waals surface area (Å²) >= 11 is 3.55. The van der Waals surface area contributed by atoms with Crippen molar-refractivity contribution in [1.29, 1.82) is 0 Å². The predicted octanol–water partition coefficient (Wildman–Crippen LogP) is 4.25. The number of amides is 1. The Balaban J connectivity index is 2.11. The third kappa shape index (κ3) is 2.94. The van der Waals surface area contributed by atoms with Crippen LogP contribution in [0, 0.1) is 12.3 Å². The van der Waals surface area contributed by atoms with E-state index in [0.29, 0.717) is 30.2 Å². The molecule has 0 spiro atoms. The van der Waals surface area contributed by atoms with Gasteiger partial charge in [-0.3, -0.25) is 0 Å². The lowest BCUT2D eigenvalue weighted by Gasteiger charge is -2.41. The monoisotopic (exact) mass is 410 g/mol. The number of ether oxygens (including phenoxy) is 2. The highest BCUT2D eigenvalue weighted by atomic mass is 79.9. The molecule has 3 N–H and O–H groups in total. The number of halogens is 1. The molecule has 7 heteroatoms. The molecule has 1 aromatic rings. The van der Waals surface area contributed by atoms with Crippen LogP contribution < -0.4 is 15.2 Å². The summed E-state index contributed by atoms with van der Waals surface area (Å²) in [7, 11) is 0. The zero-order chi connectivity index (χ0) is 18.5. The Hall–Kier alpha value is -1.89. The van der Waals surface area contributed by atoms with Gasteiger partial charge < -0.3 is 25.2 Å². The predicted molar refractivity (Wildman–Crippen MR) is 100.0 cm³/mol. The van der Waals surface area contributed by atoms with Gasteiger partial charge in [0, 0.05) is 22.6 Å². The van der Waals surface area contributed by atoms with Crippen LogP contribution in [0.2, 0.25) is 0 Å². The summed E-state index contributed by atoms with van der Waals surface area (Å²) in [6.45, 7) is 8.66. The van der Waals surface area contributed by atoms with Gasteiger partial charge in [0.1, 0.15) is 0 Å². The number of anilines is 1. The third-order valence-electron chi connectivity index (χ3n) is 4.92. The summed E-state index contributed by atoms with van der Waals surface area (Å²) in [6.07, 6.45) is 1.68. The Morgan fingerprint density at radius 1 is 1.36 bits per heavy atom. The first-order chi connectivity index (χ1) is 11.6. The van der Waals surface area contributed by atoms with E-state index in [2.05, 4.69) is 36.7 Å². The van der Waals surface area contributed by atoms with Crippen molar-refractivity contribution in [2.45, 2.75) is 40.2 Å². The first kappa shape index (κ1) is 17.9. The van der Waals surface area contributed by atoms with E-state index in [1.807, 2.05) is 13.0 Å². The molecule has 6 nitrogen and oxygen atoms in total. The van der Waals surface area contributed by atoms with Crippen molar-refractivity contribution in [2.24, 2.45) is 5.41 Å². The SMILES string of the molecule is Cc1c(Br)c(N)c2c(c1C1=CCN(C(=O)O)C(C(C)(C)C)C1)OCO2. The molecule has 0 saturated carbocycles. The number of carbonyl (C=O) groups is 1. The Kier molecular flexibility index (Phi) is 4.39. The van der Waals surface area contributed by atoms with Crippen LogP contribution in [0.5, 0.6) is 11.5 Å². The molecule has 3 rings (SSSR count). The normalized spacial score (nSPS) is 19.8. The highest BCUT2D eigenvalue weighted by Crippen LogP contribution is 2.51. The van der Waals surface area contributed by atoms with Gasteiger partial charge in [-0.05, 0) is 45.8 Å². The second-order valence-corrected chi connectivity index (χ2v) is 8.34. The standard InChI is InChI=1S/C18H23BrN2O4/c1-9-12(15-16(25-8-24-15)14(20)13(9)19)10-5-6-21(17(22)23)11(7-10)18(2,3)4/h5,11H,6-8,20H2,1-4H3,(H,22,23). The molecule has 0 aromatic heterocycles. The minimum absolute atomic E-state index is 0.126. The Morgan fingerprint density at radius 3 is 2.60 bits per heavy atom. The van der Waals surface area contributed by atoms with Gasteiger partial charge in [0.15, 0.2) is 11.5 Å². The lowest BCUT2D eigenvalue weighted by Crippen LogP contribution is -2.48. The Morgan fingerprint density at radius 2 is 2.00 bits per heavy atom. The molecule has 25 heavy (non-hydrogen) atoms. The van der Waals surface area contributed by atoms with Crippen LogP contribution >= 0.6 is 15.9 Å². The molecule has 2 aliphatic rings. The molecule has 1 amide bonds. The van der Waals surface area contributed by atoms with Crippen molar-refractivity contribution < 1.29 is 19.4 Å². The van der Waals surface area contributed by atoms with Gasteiger partial charge in [-0.15, -0.1) is 0 Å². The average molecular weight is 411 g/mol. The van der Waals surface area contributed by atoms with Crippen LogP contribution in [-0.2, 0) is 0 Å². The van der Waals surface area contributed by atoms with Gasteiger partial charge in [0.25, 0.3) is 0 Å². The van der Waals surface area contributed by atoms with Gasteiger partial charge >= 0.3 is 6.09 Å². The molecule has 0 saturated heterocycles. The molecule has 0 bridgehead atoms. The third-order valence-corrected chi connectivity index (χ3v) is 5.94. The number of rotatable bonds is 1. The maximum Gasteiger partial charge on any atom is 0.407 e. The minimum Gasteiger partial charge on any atom is -0.465 e. The van der Waals surface area contributed by atoms with E-state index in [1.165, 1.54) is 4.90 Å². The summed E-state index contributed by atoms with van der Waals surface area (Å²) < 4.78 is 12.0. The van der Waals surface area contributed by atoms with Crippen LogP contribution in [-0.4, -0.2) is 35.5 Å². The smallest absolute Gasteiger partial charge is 0.407 e. The summed E-state index contributed by atoms with van der Waals surface area (Å²) in [6, 6.07) is -0.126. The number of nitrogens with two attached hydrogens (primary N) is 1. The molecule has 0 fully saturated rings. The van der Waals surface area contributed by atoms with E-state index in [-0.39, 0.29) is 18.2 Å². The maximum atomic E-state index is 11.6. The molecule has 1 atom stereocenters. The molecule has 2 aliphatic heterocycles. The number of benzene rings is 1. The van der Waals surface area contributed by atoms with Gasteiger partial charge in [-0.25, -0.2) is 4.79 Å². The second-order valence-electron chi connectivity index (χ2n) is 7.54. The molecular weight excluding hydrogens is 388 g/mol. The topological polar surface area (TPSA) is 85.0 Å². The molecular formula is C18H23BrN2O4. The fourth-order valence-electron chi connectivity index (χ4n) is 3.56. The van der Waals surface area contributed by atoms with Crippen LogP contribution in [0.3, 0.4) is 0 Å². The number of hydrogen-bond acceptors (Lipinski definition) is 4. The number of nitrogen functional groups attached to an aromatic ring is 1. The van der Waals surface area contributed by atoms with Crippen molar-refractivity contribution in [3.8, 4) is 11.5 Å². The van der Waals surface area contributed by atoms with Crippen molar-refractivity contribution in [2.75, 3.05) is 19.1 Å². The summed E-state index contributed by atoms with van der Waals surface area (Å²) in [5.74, 6) is 1.21. The van der Waals surface area contributed by atoms with Crippen molar-refractivity contribution in [3.63, 3.8) is 0 Å². The van der Waals surface area contributed by atoms with Crippen LogP contribution in [0.15, 0.2) is 10.5 Å². The number of hydrogen-bond donors (Lipinski definition) is 2. The van der Waals surface area contributed by atoms with E-state index in [0.717, 1.165) is 21.2 Å². The first-order valence-electron chi connectivity index (χ1n) is 8.19. The highest BCUT2D eigenvalue weighted by molar-refractivity contribution is 9.10. The van der Waals surface area contributed by atoms with Crippen LogP contribution in [0.4, 0.5) is 10.5 Å². The van der Waals surface area contributed by atoms with E-state index >= 15 is 0 Å². The number of nitrogens with zero attached hydrogens (tertiary/aromatic N) is 1. The summed E-state index contributed by atoms with van der Waals surface area (Å²) in [5, 5.41) is 9.55. The average Bonchev–Trinajstić information content (AvgIpc) is 3.01. The van der Waals surface area contributed by atoms with Crippen LogP contribution in [0.25, 0.3) is 5.57 Å². The fourth-order valence-corrected chi connectivity index (χ4v) is 3.94. The van der Waals surface area contributed by atoms with Crippen molar-refractivity contribution in [1.82, 2.24) is 4.90 Å². The fraction of sp³-hybridized carbons (Fsp3) is 0.500. The summed E-state index contributed by atoms with van der Waals surface area (Å²) in [5.41, 5.74) is 9.48. The van der Waals surface area contributed by atoms with Crippen LogP contribution in [0.1, 0.15) is 38.3 Å². The Labute approximate surface area is 155 Å². The molecule has 0 aliphatic carbocycles. The van der Waals surface area contributed by atoms with Crippen molar-refractivity contribution in [3.05, 3.63) is 21.7 Å². The van der Waals surface area contributed by atoms with Gasteiger partial charge in [-0.1, -0.05) is 26.8 Å². The van der Waals surface area contributed by atoms with E-state index in [4.69, 9.17) is 15.2 Å². The lowest BCUT2D eigenvalue weighted by atomic mass is 9.78. The number of carboxylic acid groups (broad SMARTS) is 1.